The number of carbonyl (C=O) groups is 1. The predicted octanol–water partition coefficient (Wildman–Crippen LogP) is 4.29. The standard InChI is InChI=1S/C23H22N4O4/c1-29-18-10-8-16(9-11-18)12-13-24-23(28)25-19-6-3-2-5-17(19)15-21-26-22(27-31-21)20-7-4-14-30-20/h2-11,14H,12-13,15H2,1H3,(H2,24,25,28). The van der Waals surface area contributed by atoms with Crippen LogP contribution in [0.1, 0.15) is 17.0 Å². The summed E-state index contributed by atoms with van der Waals surface area (Å²) in [5, 5.41) is 9.71. The Labute approximate surface area is 179 Å². The SMILES string of the molecule is COc1ccc(CCNC(=O)Nc2ccccc2Cc2nc(-c3ccco3)no2)cc1. The number of aromatic nitrogens is 2. The third kappa shape index (κ3) is 5.30. The molecule has 0 atom stereocenters. The number of anilines is 1. The third-order valence-electron chi connectivity index (χ3n) is 4.68. The molecule has 2 aromatic heterocycles. The van der Waals surface area contributed by atoms with E-state index in [0.717, 1.165) is 23.3 Å². The first-order chi connectivity index (χ1) is 15.2. The number of benzene rings is 2. The highest BCUT2D eigenvalue weighted by Crippen LogP contribution is 2.21. The van der Waals surface area contributed by atoms with E-state index in [9.17, 15) is 4.79 Å². The molecule has 0 bridgehead atoms. The lowest BCUT2D eigenvalue weighted by atomic mass is 10.1. The van der Waals surface area contributed by atoms with Gasteiger partial charge in [0, 0.05) is 12.2 Å². The Morgan fingerprint density at radius 3 is 2.68 bits per heavy atom. The smallest absolute Gasteiger partial charge is 0.319 e. The van der Waals surface area contributed by atoms with Gasteiger partial charge in [0.05, 0.1) is 19.8 Å². The molecule has 0 unspecified atom stereocenters. The van der Waals surface area contributed by atoms with E-state index in [1.54, 1.807) is 25.5 Å². The molecule has 2 aromatic carbocycles. The zero-order chi connectivity index (χ0) is 21.5. The van der Waals surface area contributed by atoms with Crippen LogP contribution in [0.2, 0.25) is 0 Å². The van der Waals surface area contributed by atoms with Gasteiger partial charge >= 0.3 is 6.03 Å². The summed E-state index contributed by atoms with van der Waals surface area (Å²) in [6.07, 6.45) is 2.66. The molecule has 2 heterocycles. The van der Waals surface area contributed by atoms with Gasteiger partial charge in [0.1, 0.15) is 5.75 Å². The Balaban J connectivity index is 1.33. The number of amides is 2. The molecular weight excluding hydrogens is 396 g/mol. The van der Waals surface area contributed by atoms with E-state index in [0.29, 0.717) is 36.1 Å². The largest absolute Gasteiger partial charge is 0.497 e. The molecule has 2 amide bonds. The first-order valence-corrected chi connectivity index (χ1v) is 9.83. The van der Waals surface area contributed by atoms with Crippen LogP contribution >= 0.6 is 0 Å². The molecule has 0 aliphatic rings. The summed E-state index contributed by atoms with van der Waals surface area (Å²) in [5.41, 5.74) is 2.66. The van der Waals surface area contributed by atoms with Gasteiger partial charge in [0.2, 0.25) is 11.7 Å². The van der Waals surface area contributed by atoms with Gasteiger partial charge in [-0.1, -0.05) is 35.5 Å². The molecule has 2 N–H and O–H groups in total. The molecule has 158 valence electrons. The van der Waals surface area contributed by atoms with Crippen molar-refractivity contribution in [3.63, 3.8) is 0 Å². The maximum absolute atomic E-state index is 12.4. The van der Waals surface area contributed by atoms with Crippen molar-refractivity contribution in [2.75, 3.05) is 19.0 Å². The number of nitrogens with zero attached hydrogens (tertiary/aromatic N) is 2. The highest BCUT2D eigenvalue weighted by atomic mass is 16.5. The van der Waals surface area contributed by atoms with Crippen molar-refractivity contribution in [2.24, 2.45) is 0 Å². The Bertz CT molecular complexity index is 1120. The average Bonchev–Trinajstić information content (AvgIpc) is 3.48. The van der Waals surface area contributed by atoms with E-state index in [-0.39, 0.29) is 6.03 Å². The molecule has 0 fully saturated rings. The van der Waals surface area contributed by atoms with E-state index in [2.05, 4.69) is 20.8 Å². The van der Waals surface area contributed by atoms with Crippen LogP contribution < -0.4 is 15.4 Å². The lowest BCUT2D eigenvalue weighted by molar-refractivity contribution is 0.252. The van der Waals surface area contributed by atoms with E-state index in [1.165, 1.54) is 0 Å². The number of methoxy groups -OCH3 is 1. The summed E-state index contributed by atoms with van der Waals surface area (Å²) in [7, 11) is 1.63. The van der Waals surface area contributed by atoms with Crippen LogP contribution in [0, 0.1) is 0 Å². The Morgan fingerprint density at radius 2 is 1.90 bits per heavy atom. The number of ether oxygens (including phenoxy) is 1. The zero-order valence-corrected chi connectivity index (χ0v) is 17.0. The van der Waals surface area contributed by atoms with Gasteiger partial charge < -0.3 is 24.3 Å². The highest BCUT2D eigenvalue weighted by molar-refractivity contribution is 5.90. The minimum Gasteiger partial charge on any atom is -0.497 e. The van der Waals surface area contributed by atoms with Crippen LogP contribution in [-0.2, 0) is 12.8 Å². The summed E-state index contributed by atoms with van der Waals surface area (Å²) >= 11 is 0. The number of rotatable bonds is 8. The van der Waals surface area contributed by atoms with Gasteiger partial charge in [-0.05, 0) is 47.9 Å². The van der Waals surface area contributed by atoms with Crippen LogP contribution in [-0.4, -0.2) is 29.8 Å². The van der Waals surface area contributed by atoms with E-state index in [1.807, 2.05) is 48.5 Å². The van der Waals surface area contributed by atoms with Gasteiger partial charge in [-0.15, -0.1) is 0 Å². The minimum atomic E-state index is -0.275. The van der Waals surface area contributed by atoms with Gasteiger partial charge in [0.15, 0.2) is 5.76 Å². The summed E-state index contributed by atoms with van der Waals surface area (Å²) in [4.78, 5) is 16.7. The number of furan rings is 1. The van der Waals surface area contributed by atoms with Crippen molar-refractivity contribution < 1.29 is 18.5 Å². The number of hydrogen-bond donors (Lipinski definition) is 2. The predicted molar refractivity (Wildman–Crippen MR) is 115 cm³/mol. The second-order valence-corrected chi connectivity index (χ2v) is 6.80. The molecular formula is C23H22N4O4. The van der Waals surface area contributed by atoms with Crippen LogP contribution in [0.4, 0.5) is 10.5 Å². The maximum Gasteiger partial charge on any atom is 0.319 e. The van der Waals surface area contributed by atoms with Crippen LogP contribution in [0.15, 0.2) is 75.9 Å². The topological polar surface area (TPSA) is 102 Å². The number of para-hydroxylation sites is 1. The van der Waals surface area contributed by atoms with Crippen LogP contribution in [0.5, 0.6) is 5.75 Å². The van der Waals surface area contributed by atoms with Crippen molar-refractivity contribution in [3.05, 3.63) is 83.9 Å². The molecule has 0 radical (unpaired) electrons. The third-order valence-corrected chi connectivity index (χ3v) is 4.68. The quantitative estimate of drug-likeness (QED) is 0.442. The number of urea groups is 1. The molecule has 4 aromatic rings. The van der Waals surface area contributed by atoms with Crippen LogP contribution in [0.3, 0.4) is 0 Å². The highest BCUT2D eigenvalue weighted by Gasteiger charge is 2.14. The van der Waals surface area contributed by atoms with Gasteiger partial charge in [-0.2, -0.15) is 4.98 Å². The summed E-state index contributed by atoms with van der Waals surface area (Å²) in [5.74, 6) is 2.17. The fourth-order valence-electron chi connectivity index (χ4n) is 3.07. The Hall–Kier alpha value is -4.07. The average molecular weight is 418 g/mol. The molecule has 0 saturated heterocycles. The summed E-state index contributed by atoms with van der Waals surface area (Å²) in [6, 6.07) is 18.5. The monoisotopic (exact) mass is 418 g/mol. The van der Waals surface area contributed by atoms with Gasteiger partial charge in [-0.25, -0.2) is 4.79 Å². The minimum absolute atomic E-state index is 0.275. The van der Waals surface area contributed by atoms with Crippen molar-refractivity contribution in [1.29, 1.82) is 0 Å². The first-order valence-electron chi connectivity index (χ1n) is 9.83. The fraction of sp³-hybridized carbons (Fsp3) is 0.174. The normalized spacial score (nSPS) is 10.6. The summed E-state index contributed by atoms with van der Waals surface area (Å²) < 4.78 is 15.8. The van der Waals surface area contributed by atoms with Gasteiger partial charge in [-0.3, -0.25) is 0 Å². The fourth-order valence-corrected chi connectivity index (χ4v) is 3.07. The summed E-state index contributed by atoms with van der Waals surface area (Å²) in [6.45, 7) is 0.510. The Kier molecular flexibility index (Phi) is 6.27. The van der Waals surface area contributed by atoms with Crippen molar-refractivity contribution >= 4 is 11.7 Å². The second-order valence-electron chi connectivity index (χ2n) is 6.80. The molecule has 0 aliphatic carbocycles. The van der Waals surface area contributed by atoms with Crippen molar-refractivity contribution in [2.45, 2.75) is 12.8 Å². The van der Waals surface area contributed by atoms with E-state index < -0.39 is 0 Å². The molecule has 4 rings (SSSR count). The number of nitrogens with one attached hydrogen (secondary N) is 2. The zero-order valence-electron chi connectivity index (χ0n) is 17.0. The maximum atomic E-state index is 12.4. The van der Waals surface area contributed by atoms with E-state index in [4.69, 9.17) is 13.7 Å². The van der Waals surface area contributed by atoms with Gasteiger partial charge in [0.25, 0.3) is 0 Å². The molecule has 0 spiro atoms. The number of carbonyl (C=O) groups excluding carboxylic acids is 1. The Morgan fingerprint density at radius 1 is 1.06 bits per heavy atom. The first kappa shape index (κ1) is 20.2. The lowest BCUT2D eigenvalue weighted by Crippen LogP contribution is -2.30. The molecule has 0 aliphatic heterocycles. The molecule has 31 heavy (non-hydrogen) atoms. The molecule has 8 nitrogen and oxygen atoms in total. The second kappa shape index (κ2) is 9.62. The molecule has 8 heteroatoms. The van der Waals surface area contributed by atoms with Crippen molar-refractivity contribution in [3.8, 4) is 17.3 Å². The lowest BCUT2D eigenvalue weighted by Gasteiger charge is -2.11. The van der Waals surface area contributed by atoms with Crippen LogP contribution in [0.25, 0.3) is 11.6 Å². The molecule has 0 saturated carbocycles. The number of hydrogen-bond acceptors (Lipinski definition) is 6. The van der Waals surface area contributed by atoms with E-state index >= 15 is 0 Å². The van der Waals surface area contributed by atoms with Crippen molar-refractivity contribution in [1.82, 2.24) is 15.5 Å².